The lowest BCUT2D eigenvalue weighted by molar-refractivity contribution is 0.102. The number of rotatable bonds is 4. The summed E-state index contributed by atoms with van der Waals surface area (Å²) in [4.78, 5) is 20.8. The highest BCUT2D eigenvalue weighted by molar-refractivity contribution is 6.30. The van der Waals surface area contributed by atoms with Crippen LogP contribution in [0.25, 0.3) is 0 Å². The molecule has 2 aromatic carbocycles. The molecule has 132 valence electrons. The fourth-order valence-corrected chi connectivity index (χ4v) is 2.96. The summed E-state index contributed by atoms with van der Waals surface area (Å²) in [5.74, 6) is 0.154. The van der Waals surface area contributed by atoms with Gasteiger partial charge in [0.25, 0.3) is 5.91 Å². The van der Waals surface area contributed by atoms with Crippen molar-refractivity contribution < 1.29 is 4.79 Å². The molecule has 3 aromatic rings. The van der Waals surface area contributed by atoms with Crippen molar-refractivity contribution in [2.24, 2.45) is 0 Å². The zero-order valence-electron chi connectivity index (χ0n) is 14.8. The zero-order valence-corrected chi connectivity index (χ0v) is 15.6. The largest absolute Gasteiger partial charge is 0.324 e. The molecule has 26 heavy (non-hydrogen) atoms. The molecule has 1 amide bonds. The number of hydrogen-bond donors (Lipinski definition) is 2. The second kappa shape index (κ2) is 7.54. The van der Waals surface area contributed by atoms with Crippen LogP contribution in [-0.4, -0.2) is 15.9 Å². The van der Waals surface area contributed by atoms with E-state index in [0.717, 1.165) is 16.8 Å². The number of halogens is 1. The molecule has 0 saturated heterocycles. The van der Waals surface area contributed by atoms with E-state index in [2.05, 4.69) is 39.7 Å². The van der Waals surface area contributed by atoms with Crippen LogP contribution in [0.2, 0.25) is 5.02 Å². The smallest absolute Gasteiger partial charge is 0.258 e. The van der Waals surface area contributed by atoms with E-state index in [1.165, 1.54) is 18.0 Å². The average Bonchev–Trinajstić information content (AvgIpc) is 2.58. The molecule has 0 fully saturated rings. The molecule has 0 aliphatic carbocycles. The van der Waals surface area contributed by atoms with Gasteiger partial charge in [0, 0.05) is 28.8 Å². The predicted octanol–water partition coefficient (Wildman–Crippen LogP) is 5.05. The molecule has 3 rings (SSSR count). The van der Waals surface area contributed by atoms with Crippen molar-refractivity contribution in [3.8, 4) is 0 Å². The van der Waals surface area contributed by atoms with Gasteiger partial charge in [-0.15, -0.1) is 0 Å². The van der Waals surface area contributed by atoms with Crippen molar-refractivity contribution >= 4 is 34.8 Å². The van der Waals surface area contributed by atoms with Crippen molar-refractivity contribution in [3.63, 3.8) is 0 Å². The molecule has 0 aliphatic rings. The second-order valence-corrected chi connectivity index (χ2v) is 6.59. The summed E-state index contributed by atoms with van der Waals surface area (Å²) in [6.45, 7) is 6.14. The van der Waals surface area contributed by atoms with E-state index in [4.69, 9.17) is 11.6 Å². The molecule has 5 nitrogen and oxygen atoms in total. The number of hydrogen-bond acceptors (Lipinski definition) is 4. The Hall–Kier alpha value is -2.92. The van der Waals surface area contributed by atoms with E-state index in [9.17, 15) is 4.79 Å². The number of aryl methyl sites for hydroxylation is 3. The molecule has 0 bridgehead atoms. The van der Waals surface area contributed by atoms with Crippen molar-refractivity contribution in [1.29, 1.82) is 0 Å². The first-order valence-electron chi connectivity index (χ1n) is 8.16. The maximum absolute atomic E-state index is 12.3. The first-order valence-corrected chi connectivity index (χ1v) is 8.54. The first-order chi connectivity index (χ1) is 12.4. The third-order valence-electron chi connectivity index (χ3n) is 3.91. The lowest BCUT2D eigenvalue weighted by Crippen LogP contribution is -2.13. The molecule has 6 heteroatoms. The Morgan fingerprint density at radius 2 is 1.65 bits per heavy atom. The number of nitrogens with one attached hydrogen (secondary N) is 2. The van der Waals surface area contributed by atoms with E-state index in [0.29, 0.717) is 22.2 Å². The van der Waals surface area contributed by atoms with Gasteiger partial charge in [-0.3, -0.25) is 4.79 Å². The third kappa shape index (κ3) is 4.18. The molecule has 0 unspecified atom stereocenters. The monoisotopic (exact) mass is 366 g/mol. The van der Waals surface area contributed by atoms with E-state index in [1.54, 1.807) is 24.3 Å². The number of aromatic nitrogens is 2. The summed E-state index contributed by atoms with van der Waals surface area (Å²) < 4.78 is 0. The predicted molar refractivity (Wildman–Crippen MR) is 105 cm³/mol. The highest BCUT2D eigenvalue weighted by atomic mass is 35.5. The number of nitrogens with zero attached hydrogens (tertiary/aromatic N) is 2. The Labute approximate surface area is 157 Å². The molecule has 2 N–H and O–H groups in total. The highest BCUT2D eigenvalue weighted by Gasteiger charge is 2.10. The average molecular weight is 367 g/mol. The van der Waals surface area contributed by atoms with Gasteiger partial charge < -0.3 is 10.6 Å². The van der Waals surface area contributed by atoms with E-state index in [-0.39, 0.29) is 5.91 Å². The van der Waals surface area contributed by atoms with Crippen LogP contribution in [0.15, 0.2) is 48.8 Å². The molecule has 0 aliphatic heterocycles. The van der Waals surface area contributed by atoms with Gasteiger partial charge in [0.1, 0.15) is 0 Å². The van der Waals surface area contributed by atoms with Crippen molar-refractivity contribution in [3.05, 3.63) is 76.1 Å². The van der Waals surface area contributed by atoms with Gasteiger partial charge in [-0.25, -0.2) is 9.97 Å². The van der Waals surface area contributed by atoms with Crippen LogP contribution in [0.3, 0.4) is 0 Å². The Morgan fingerprint density at radius 1 is 1.00 bits per heavy atom. The maximum atomic E-state index is 12.3. The number of anilines is 3. The normalized spacial score (nSPS) is 10.5. The van der Waals surface area contributed by atoms with Gasteiger partial charge >= 0.3 is 0 Å². The Kier molecular flexibility index (Phi) is 5.19. The van der Waals surface area contributed by atoms with Crippen LogP contribution in [0.5, 0.6) is 0 Å². The fourth-order valence-electron chi connectivity index (χ4n) is 2.77. The maximum Gasteiger partial charge on any atom is 0.258 e. The minimum atomic E-state index is -0.290. The van der Waals surface area contributed by atoms with E-state index >= 15 is 0 Å². The van der Waals surface area contributed by atoms with Gasteiger partial charge in [0.15, 0.2) is 0 Å². The molecule has 0 saturated carbocycles. The van der Waals surface area contributed by atoms with Crippen molar-refractivity contribution in [2.75, 3.05) is 10.6 Å². The lowest BCUT2D eigenvalue weighted by Gasteiger charge is -2.12. The molecule has 0 atom stereocenters. The van der Waals surface area contributed by atoms with Crippen molar-refractivity contribution in [1.82, 2.24) is 9.97 Å². The minimum Gasteiger partial charge on any atom is -0.324 e. The van der Waals surface area contributed by atoms with Crippen LogP contribution >= 0.6 is 11.6 Å². The number of carbonyl (C=O) groups excluding carboxylic acids is 1. The molecule has 1 aromatic heterocycles. The Balaban J connectivity index is 1.73. The standard InChI is InChI=1S/C20H19ClN4O/c1-12-7-13(2)18(14(3)8-12)25-20-22-10-15(11-23-20)19(26)24-17-6-4-5-16(21)9-17/h4-11H,1-3H3,(H,24,26)(H,22,23,25). The van der Waals surface area contributed by atoms with Crippen LogP contribution in [0.4, 0.5) is 17.3 Å². The molecule has 0 spiro atoms. The van der Waals surface area contributed by atoms with Crippen LogP contribution in [0.1, 0.15) is 27.0 Å². The number of benzene rings is 2. The minimum absolute atomic E-state index is 0.290. The SMILES string of the molecule is Cc1cc(C)c(Nc2ncc(C(=O)Nc3cccc(Cl)c3)cn2)c(C)c1. The Bertz CT molecular complexity index is 931. The molecular weight excluding hydrogens is 348 g/mol. The molecule has 0 radical (unpaired) electrons. The van der Waals surface area contributed by atoms with Crippen LogP contribution in [-0.2, 0) is 0 Å². The third-order valence-corrected chi connectivity index (χ3v) is 4.15. The number of carbonyl (C=O) groups is 1. The summed E-state index contributed by atoms with van der Waals surface area (Å²) in [6, 6.07) is 11.2. The highest BCUT2D eigenvalue weighted by Crippen LogP contribution is 2.24. The van der Waals surface area contributed by atoms with Gasteiger partial charge in [0.05, 0.1) is 5.56 Å². The van der Waals surface area contributed by atoms with Crippen molar-refractivity contribution in [2.45, 2.75) is 20.8 Å². The molecule has 1 heterocycles. The van der Waals surface area contributed by atoms with Gasteiger partial charge in [-0.05, 0) is 50.1 Å². The summed E-state index contributed by atoms with van der Waals surface area (Å²) >= 11 is 5.92. The number of amides is 1. The van der Waals surface area contributed by atoms with Gasteiger partial charge in [0.2, 0.25) is 5.95 Å². The lowest BCUT2D eigenvalue weighted by atomic mass is 10.1. The summed E-state index contributed by atoms with van der Waals surface area (Å²) in [5.41, 5.74) is 5.41. The van der Waals surface area contributed by atoms with Crippen LogP contribution in [0, 0.1) is 20.8 Å². The van der Waals surface area contributed by atoms with Gasteiger partial charge in [-0.1, -0.05) is 35.4 Å². The quantitative estimate of drug-likeness (QED) is 0.678. The topological polar surface area (TPSA) is 66.9 Å². The van der Waals surface area contributed by atoms with E-state index in [1.807, 2.05) is 13.8 Å². The van der Waals surface area contributed by atoms with Crippen LogP contribution < -0.4 is 10.6 Å². The Morgan fingerprint density at radius 3 is 2.27 bits per heavy atom. The summed E-state index contributed by atoms with van der Waals surface area (Å²) in [5, 5.41) is 6.55. The summed E-state index contributed by atoms with van der Waals surface area (Å²) in [6.07, 6.45) is 2.99. The molecular formula is C20H19ClN4O. The zero-order chi connectivity index (χ0) is 18.7. The van der Waals surface area contributed by atoms with E-state index < -0.39 is 0 Å². The fraction of sp³-hybridized carbons (Fsp3) is 0.150. The summed E-state index contributed by atoms with van der Waals surface area (Å²) in [7, 11) is 0. The van der Waals surface area contributed by atoms with Gasteiger partial charge in [-0.2, -0.15) is 0 Å². The second-order valence-electron chi connectivity index (χ2n) is 6.16. The first kappa shape index (κ1) is 17.9.